The van der Waals surface area contributed by atoms with Crippen LogP contribution in [-0.2, 0) is 14.3 Å². The molecule has 2 aliphatic rings. The lowest BCUT2D eigenvalue weighted by atomic mass is 10.0. The van der Waals surface area contributed by atoms with E-state index in [1.807, 2.05) is 0 Å². The van der Waals surface area contributed by atoms with Gasteiger partial charge in [-0.1, -0.05) is 24.0 Å². The van der Waals surface area contributed by atoms with Gasteiger partial charge in [-0.05, 0) is 36.9 Å². The summed E-state index contributed by atoms with van der Waals surface area (Å²) >= 11 is 0. The van der Waals surface area contributed by atoms with E-state index in [1.165, 1.54) is 6.07 Å². The van der Waals surface area contributed by atoms with Crippen molar-refractivity contribution in [1.82, 2.24) is 9.80 Å². The Balaban J connectivity index is 1.65. The van der Waals surface area contributed by atoms with Crippen molar-refractivity contribution < 1.29 is 28.7 Å². The molecule has 13 heteroatoms. The van der Waals surface area contributed by atoms with Crippen molar-refractivity contribution in [2.45, 2.75) is 44.6 Å². The van der Waals surface area contributed by atoms with E-state index in [0.29, 0.717) is 49.5 Å². The number of nitrogens with two attached hydrogens (primary N) is 1. The predicted molar refractivity (Wildman–Crippen MR) is 123 cm³/mol. The van der Waals surface area contributed by atoms with Gasteiger partial charge < -0.3 is 15.8 Å². The molecule has 1 unspecified atom stereocenters. The second-order valence-electron chi connectivity index (χ2n) is 8.03. The number of hydrogen-bond donors (Lipinski definition) is 2. The number of hydrogen-bond acceptors (Lipinski definition) is 9. The standard InChI is InChI=1S/C22H27N7O6/c23-10-12-25-15-7-5-6-14-18(15)21(33)28(19(14)31)16-8-9-17(30)29(20(16)32)22(34)35-13-4-2-1-3-11-26-27-24/h5-7,16,25H,1-4,8-13,23H2. The Labute approximate surface area is 201 Å². The van der Waals surface area contributed by atoms with E-state index < -0.39 is 35.8 Å². The number of carbonyl (C=O) groups excluding carboxylic acids is 5. The number of nitrogens with zero attached hydrogens (tertiary/aromatic N) is 5. The van der Waals surface area contributed by atoms with Gasteiger partial charge in [0, 0.05) is 36.7 Å². The Kier molecular flexibility index (Phi) is 8.76. The zero-order valence-electron chi connectivity index (χ0n) is 19.1. The number of benzene rings is 1. The molecule has 2 aliphatic heterocycles. The molecule has 1 aromatic rings. The van der Waals surface area contributed by atoms with Crippen LogP contribution in [0.3, 0.4) is 0 Å². The summed E-state index contributed by atoms with van der Waals surface area (Å²) in [5.41, 5.74) is 14.4. The number of nitrogens with one attached hydrogen (secondary N) is 1. The molecule has 186 valence electrons. The Morgan fingerprint density at radius 1 is 1.17 bits per heavy atom. The molecule has 3 rings (SSSR count). The summed E-state index contributed by atoms with van der Waals surface area (Å²) in [6.45, 7) is 1.07. The van der Waals surface area contributed by atoms with Crippen molar-refractivity contribution in [2.75, 3.05) is 31.6 Å². The normalized spacial score (nSPS) is 17.3. The number of anilines is 1. The molecular formula is C22H27N7O6. The fraction of sp³-hybridized carbons (Fsp3) is 0.500. The summed E-state index contributed by atoms with van der Waals surface area (Å²) in [6.07, 6.45) is 1.27. The summed E-state index contributed by atoms with van der Waals surface area (Å²) in [6, 6.07) is 3.44. The smallest absolute Gasteiger partial charge is 0.423 e. The first-order chi connectivity index (χ1) is 16.9. The van der Waals surface area contributed by atoms with Crippen LogP contribution in [0.1, 0.15) is 59.2 Å². The molecule has 1 atom stereocenters. The third kappa shape index (κ3) is 5.58. The Morgan fingerprint density at radius 3 is 2.69 bits per heavy atom. The third-order valence-electron chi connectivity index (χ3n) is 5.73. The molecule has 5 amide bonds. The van der Waals surface area contributed by atoms with E-state index in [2.05, 4.69) is 15.3 Å². The van der Waals surface area contributed by atoms with Gasteiger partial charge in [-0.3, -0.25) is 24.1 Å². The number of carbonyl (C=O) groups is 5. The Bertz CT molecular complexity index is 1070. The average Bonchev–Trinajstić information content (AvgIpc) is 3.10. The Morgan fingerprint density at radius 2 is 1.94 bits per heavy atom. The molecular weight excluding hydrogens is 458 g/mol. The predicted octanol–water partition coefficient (Wildman–Crippen LogP) is 2.18. The first-order valence-corrected chi connectivity index (χ1v) is 11.4. The lowest BCUT2D eigenvalue weighted by molar-refractivity contribution is -0.149. The summed E-state index contributed by atoms with van der Waals surface area (Å²) in [4.78, 5) is 68.0. The van der Waals surface area contributed by atoms with E-state index in [4.69, 9.17) is 16.0 Å². The molecule has 1 saturated heterocycles. The summed E-state index contributed by atoms with van der Waals surface area (Å²) in [7, 11) is 0. The van der Waals surface area contributed by atoms with Crippen LogP contribution in [-0.4, -0.2) is 71.8 Å². The summed E-state index contributed by atoms with van der Waals surface area (Å²) < 4.78 is 5.09. The van der Waals surface area contributed by atoms with Gasteiger partial charge in [0.15, 0.2) is 0 Å². The van der Waals surface area contributed by atoms with Crippen LogP contribution in [0.5, 0.6) is 0 Å². The highest BCUT2D eigenvalue weighted by Gasteiger charge is 2.49. The zero-order valence-corrected chi connectivity index (χ0v) is 19.1. The Hall–Kier alpha value is -3.96. The number of ether oxygens (including phenoxy) is 1. The number of piperidine rings is 1. The fourth-order valence-electron chi connectivity index (χ4n) is 4.05. The molecule has 0 saturated carbocycles. The topological polar surface area (TPSA) is 188 Å². The van der Waals surface area contributed by atoms with Gasteiger partial charge in [0.05, 0.1) is 17.7 Å². The van der Waals surface area contributed by atoms with Crippen molar-refractivity contribution in [3.8, 4) is 0 Å². The molecule has 1 fully saturated rings. The molecule has 0 aliphatic carbocycles. The van der Waals surface area contributed by atoms with E-state index in [1.54, 1.807) is 12.1 Å². The lowest BCUT2D eigenvalue weighted by Crippen LogP contribution is -2.57. The number of fused-ring (bicyclic) bond motifs is 1. The maximum Gasteiger partial charge on any atom is 0.423 e. The first kappa shape index (κ1) is 25.7. The van der Waals surface area contributed by atoms with Gasteiger partial charge >= 0.3 is 6.09 Å². The highest BCUT2D eigenvalue weighted by atomic mass is 16.6. The van der Waals surface area contributed by atoms with Crippen LogP contribution in [0.15, 0.2) is 23.3 Å². The molecule has 0 spiro atoms. The number of likely N-dealkylation sites (tertiary alicyclic amines) is 1. The number of unbranched alkanes of at least 4 members (excludes halogenated alkanes) is 3. The van der Waals surface area contributed by atoms with Crippen LogP contribution in [0.25, 0.3) is 10.4 Å². The number of azide groups is 1. The van der Waals surface area contributed by atoms with Crippen LogP contribution in [0, 0.1) is 0 Å². The minimum atomic E-state index is -1.30. The second kappa shape index (κ2) is 12.0. The minimum absolute atomic E-state index is 0.00866. The van der Waals surface area contributed by atoms with E-state index in [0.717, 1.165) is 11.3 Å². The number of amides is 5. The maximum atomic E-state index is 13.2. The van der Waals surface area contributed by atoms with E-state index >= 15 is 0 Å². The zero-order chi connectivity index (χ0) is 25.4. The summed E-state index contributed by atoms with van der Waals surface area (Å²) in [5.74, 6) is -3.05. The van der Waals surface area contributed by atoms with E-state index in [9.17, 15) is 24.0 Å². The molecule has 0 radical (unpaired) electrons. The fourth-order valence-corrected chi connectivity index (χ4v) is 4.05. The van der Waals surface area contributed by atoms with Gasteiger partial charge in [-0.25, -0.2) is 4.79 Å². The molecule has 0 bridgehead atoms. The number of rotatable bonds is 11. The van der Waals surface area contributed by atoms with Gasteiger partial charge in [-0.2, -0.15) is 4.90 Å². The third-order valence-corrected chi connectivity index (χ3v) is 5.73. The molecule has 35 heavy (non-hydrogen) atoms. The van der Waals surface area contributed by atoms with Gasteiger partial charge in [0.1, 0.15) is 6.04 Å². The van der Waals surface area contributed by atoms with Crippen molar-refractivity contribution in [3.63, 3.8) is 0 Å². The van der Waals surface area contributed by atoms with Crippen molar-refractivity contribution in [1.29, 1.82) is 0 Å². The van der Waals surface area contributed by atoms with Crippen molar-refractivity contribution >= 4 is 35.4 Å². The largest absolute Gasteiger partial charge is 0.449 e. The lowest BCUT2D eigenvalue weighted by Gasteiger charge is -2.32. The highest BCUT2D eigenvalue weighted by molar-refractivity contribution is 6.26. The van der Waals surface area contributed by atoms with Gasteiger partial charge in [0.2, 0.25) is 5.91 Å². The van der Waals surface area contributed by atoms with Crippen LogP contribution in [0.4, 0.5) is 10.5 Å². The highest BCUT2D eigenvalue weighted by Crippen LogP contribution is 2.33. The first-order valence-electron chi connectivity index (χ1n) is 11.4. The molecule has 0 aromatic heterocycles. The van der Waals surface area contributed by atoms with Crippen molar-refractivity contribution in [2.24, 2.45) is 10.8 Å². The summed E-state index contributed by atoms with van der Waals surface area (Å²) in [5, 5.41) is 6.42. The minimum Gasteiger partial charge on any atom is -0.449 e. The number of imide groups is 4. The maximum absolute atomic E-state index is 13.2. The molecule has 3 N–H and O–H groups in total. The molecule has 1 aromatic carbocycles. The van der Waals surface area contributed by atoms with Crippen LogP contribution >= 0.6 is 0 Å². The van der Waals surface area contributed by atoms with Crippen molar-refractivity contribution in [3.05, 3.63) is 39.8 Å². The molecule has 13 nitrogen and oxygen atoms in total. The van der Waals surface area contributed by atoms with Gasteiger partial charge in [-0.15, -0.1) is 0 Å². The average molecular weight is 486 g/mol. The van der Waals surface area contributed by atoms with Crippen LogP contribution in [0.2, 0.25) is 0 Å². The molecule has 2 heterocycles. The van der Waals surface area contributed by atoms with Gasteiger partial charge in [0.25, 0.3) is 17.7 Å². The quantitative estimate of drug-likeness (QED) is 0.157. The van der Waals surface area contributed by atoms with E-state index in [-0.39, 0.29) is 30.6 Å². The van der Waals surface area contributed by atoms with Crippen LogP contribution < -0.4 is 11.1 Å². The second-order valence-corrected chi connectivity index (χ2v) is 8.03. The monoisotopic (exact) mass is 485 g/mol. The SMILES string of the molecule is [N-]=[N+]=NCCCCCCOC(=O)N1C(=O)CCC(N2C(=O)c3cccc(NCCN)c3C2=O)C1=O.